The summed E-state index contributed by atoms with van der Waals surface area (Å²) in [5, 5.41) is 2.88. The van der Waals surface area contributed by atoms with Gasteiger partial charge in [0.15, 0.2) is 0 Å². The maximum atomic E-state index is 11.8. The van der Waals surface area contributed by atoms with Crippen molar-refractivity contribution in [3.8, 4) is 5.75 Å². The molecule has 3 heteroatoms. The molecule has 118 valence electrons. The lowest BCUT2D eigenvalue weighted by molar-refractivity contribution is -0.116. The lowest BCUT2D eigenvalue weighted by Crippen LogP contribution is -2.23. The molecule has 0 bridgehead atoms. The van der Waals surface area contributed by atoms with Crippen LogP contribution in [0.4, 0.5) is 0 Å². The van der Waals surface area contributed by atoms with Gasteiger partial charge in [-0.15, -0.1) is 0 Å². The Bertz CT molecular complexity index is 645. The van der Waals surface area contributed by atoms with Gasteiger partial charge in [0.05, 0.1) is 0 Å². The van der Waals surface area contributed by atoms with Crippen LogP contribution in [0.3, 0.4) is 0 Å². The van der Waals surface area contributed by atoms with Crippen LogP contribution in [0.1, 0.15) is 11.1 Å². The van der Waals surface area contributed by atoms with E-state index in [1.807, 2.05) is 42.5 Å². The first-order valence-corrected chi connectivity index (χ1v) is 7.61. The third kappa shape index (κ3) is 6.22. The highest BCUT2D eigenvalue weighted by atomic mass is 16.5. The largest absolute Gasteiger partial charge is 0.490 e. The fraction of sp³-hybridized carbons (Fsp3) is 0.150. The standard InChI is InChI=1S/C20H21NO2/c1-2-16-23-19-11-8-18(9-12-19)10-13-20(22)21-15-14-17-6-4-3-5-7-17/h2-13H,1,14-16H2,(H,21,22)/b13-10+. The minimum Gasteiger partial charge on any atom is -0.490 e. The zero-order chi connectivity index (χ0) is 16.3. The number of ether oxygens (including phenoxy) is 1. The third-order valence-corrected chi connectivity index (χ3v) is 3.23. The first-order valence-electron chi connectivity index (χ1n) is 7.61. The quantitative estimate of drug-likeness (QED) is 0.597. The number of carbonyl (C=O) groups is 1. The molecule has 2 aromatic carbocycles. The Balaban J connectivity index is 1.75. The molecule has 1 N–H and O–H groups in total. The van der Waals surface area contributed by atoms with Crippen molar-refractivity contribution in [3.05, 3.63) is 84.5 Å². The molecule has 0 unspecified atom stereocenters. The molecule has 23 heavy (non-hydrogen) atoms. The molecule has 2 rings (SSSR count). The van der Waals surface area contributed by atoms with Gasteiger partial charge >= 0.3 is 0 Å². The van der Waals surface area contributed by atoms with Gasteiger partial charge in [-0.1, -0.05) is 55.1 Å². The van der Waals surface area contributed by atoms with Crippen LogP contribution in [-0.4, -0.2) is 19.1 Å². The molecule has 3 nitrogen and oxygen atoms in total. The smallest absolute Gasteiger partial charge is 0.244 e. The Hall–Kier alpha value is -2.81. The zero-order valence-electron chi connectivity index (χ0n) is 13.1. The molecule has 1 amide bonds. The predicted molar refractivity (Wildman–Crippen MR) is 94.3 cm³/mol. The lowest BCUT2D eigenvalue weighted by atomic mass is 10.1. The maximum Gasteiger partial charge on any atom is 0.244 e. The Morgan fingerprint density at radius 2 is 1.83 bits per heavy atom. The second-order valence-corrected chi connectivity index (χ2v) is 5.03. The highest BCUT2D eigenvalue weighted by molar-refractivity contribution is 5.91. The normalized spacial score (nSPS) is 10.4. The van der Waals surface area contributed by atoms with Crippen molar-refractivity contribution < 1.29 is 9.53 Å². The molecule has 0 atom stereocenters. The number of nitrogens with one attached hydrogen (secondary N) is 1. The van der Waals surface area contributed by atoms with Crippen LogP contribution in [0.5, 0.6) is 5.75 Å². The van der Waals surface area contributed by atoms with Crippen LogP contribution in [0.2, 0.25) is 0 Å². The van der Waals surface area contributed by atoms with Crippen molar-refractivity contribution >= 4 is 12.0 Å². The molecule has 2 aromatic rings. The highest BCUT2D eigenvalue weighted by Gasteiger charge is 1.97. The van der Waals surface area contributed by atoms with E-state index >= 15 is 0 Å². The topological polar surface area (TPSA) is 38.3 Å². The summed E-state index contributed by atoms with van der Waals surface area (Å²) in [6, 6.07) is 17.7. The number of benzene rings is 2. The van der Waals surface area contributed by atoms with E-state index in [4.69, 9.17) is 4.74 Å². The van der Waals surface area contributed by atoms with Crippen LogP contribution in [0.25, 0.3) is 6.08 Å². The number of rotatable bonds is 8. The molecule has 0 fully saturated rings. The fourth-order valence-corrected chi connectivity index (χ4v) is 2.04. The molecule has 0 aliphatic rings. The Kier molecular flexibility index (Phi) is 6.66. The molecular formula is C20H21NO2. The highest BCUT2D eigenvalue weighted by Crippen LogP contribution is 2.13. The van der Waals surface area contributed by atoms with Crippen molar-refractivity contribution in [1.29, 1.82) is 0 Å². The van der Waals surface area contributed by atoms with Crippen molar-refractivity contribution in [2.45, 2.75) is 6.42 Å². The van der Waals surface area contributed by atoms with Gasteiger partial charge < -0.3 is 10.1 Å². The van der Waals surface area contributed by atoms with Crippen LogP contribution >= 0.6 is 0 Å². The van der Waals surface area contributed by atoms with Gasteiger partial charge in [-0.05, 0) is 35.8 Å². The fourth-order valence-electron chi connectivity index (χ4n) is 2.04. The SMILES string of the molecule is C=CCOc1ccc(/C=C/C(=O)NCCc2ccccc2)cc1. The molecular weight excluding hydrogens is 286 g/mol. The summed E-state index contributed by atoms with van der Waals surface area (Å²) in [6.45, 7) is 4.72. The summed E-state index contributed by atoms with van der Waals surface area (Å²) in [5.41, 5.74) is 2.17. The minimum absolute atomic E-state index is 0.0899. The molecule has 0 saturated heterocycles. The van der Waals surface area contributed by atoms with Crippen molar-refractivity contribution in [2.24, 2.45) is 0 Å². The third-order valence-electron chi connectivity index (χ3n) is 3.23. The summed E-state index contributed by atoms with van der Waals surface area (Å²) in [6.07, 6.45) is 5.86. The number of carbonyl (C=O) groups excluding carboxylic acids is 1. The monoisotopic (exact) mass is 307 g/mol. The Morgan fingerprint density at radius 1 is 1.09 bits per heavy atom. The average Bonchev–Trinajstić information content (AvgIpc) is 2.60. The molecule has 0 aromatic heterocycles. The number of amides is 1. The summed E-state index contributed by atoms with van der Waals surface area (Å²) >= 11 is 0. The molecule has 0 radical (unpaired) electrons. The van der Waals surface area contributed by atoms with Gasteiger partial charge in [-0.2, -0.15) is 0 Å². The number of hydrogen-bond acceptors (Lipinski definition) is 2. The van der Waals surface area contributed by atoms with Crippen LogP contribution in [0, 0.1) is 0 Å². The summed E-state index contributed by atoms with van der Waals surface area (Å²) in [4.78, 5) is 11.8. The molecule has 0 heterocycles. The Morgan fingerprint density at radius 3 is 2.52 bits per heavy atom. The zero-order valence-corrected chi connectivity index (χ0v) is 13.1. The molecule has 0 spiro atoms. The van der Waals surface area contributed by atoms with E-state index in [-0.39, 0.29) is 5.91 Å². The van der Waals surface area contributed by atoms with Crippen molar-refractivity contribution in [3.63, 3.8) is 0 Å². The van der Waals surface area contributed by atoms with Gasteiger partial charge in [0.1, 0.15) is 12.4 Å². The Labute approximate surface area is 137 Å². The molecule has 0 aliphatic heterocycles. The summed E-state index contributed by atoms with van der Waals surface area (Å²) in [5.74, 6) is 0.697. The van der Waals surface area contributed by atoms with Crippen LogP contribution in [0.15, 0.2) is 73.3 Å². The van der Waals surface area contributed by atoms with E-state index < -0.39 is 0 Å². The summed E-state index contributed by atoms with van der Waals surface area (Å²) in [7, 11) is 0. The van der Waals surface area contributed by atoms with Crippen LogP contribution in [-0.2, 0) is 11.2 Å². The molecule has 0 aliphatic carbocycles. The van der Waals surface area contributed by atoms with Crippen molar-refractivity contribution in [1.82, 2.24) is 5.32 Å². The van der Waals surface area contributed by atoms with E-state index in [1.54, 1.807) is 18.2 Å². The van der Waals surface area contributed by atoms with Crippen LogP contribution < -0.4 is 10.1 Å². The van der Waals surface area contributed by atoms with E-state index in [0.717, 1.165) is 17.7 Å². The predicted octanol–water partition coefficient (Wildman–Crippen LogP) is 3.62. The van der Waals surface area contributed by atoms with E-state index in [9.17, 15) is 4.79 Å². The van der Waals surface area contributed by atoms with Gasteiger partial charge in [0.25, 0.3) is 0 Å². The molecule has 0 saturated carbocycles. The second kappa shape index (κ2) is 9.26. The average molecular weight is 307 g/mol. The number of hydrogen-bond donors (Lipinski definition) is 1. The lowest BCUT2D eigenvalue weighted by Gasteiger charge is -2.03. The second-order valence-electron chi connectivity index (χ2n) is 5.03. The summed E-state index contributed by atoms with van der Waals surface area (Å²) < 4.78 is 5.41. The van der Waals surface area contributed by atoms with Gasteiger partial charge in [-0.25, -0.2) is 0 Å². The maximum absolute atomic E-state index is 11.8. The first kappa shape index (κ1) is 16.6. The van der Waals surface area contributed by atoms with Gasteiger partial charge in [0.2, 0.25) is 5.91 Å². The minimum atomic E-state index is -0.0899. The first-order chi connectivity index (χ1) is 11.3. The van der Waals surface area contributed by atoms with Gasteiger partial charge in [-0.3, -0.25) is 4.79 Å². The van der Waals surface area contributed by atoms with E-state index in [1.165, 1.54) is 5.56 Å². The van der Waals surface area contributed by atoms with E-state index in [0.29, 0.717) is 13.2 Å². The van der Waals surface area contributed by atoms with E-state index in [2.05, 4.69) is 24.0 Å². The van der Waals surface area contributed by atoms with Crippen molar-refractivity contribution in [2.75, 3.05) is 13.2 Å². The van der Waals surface area contributed by atoms with Gasteiger partial charge in [0, 0.05) is 12.6 Å².